The molecule has 1 aromatic heterocycles. The topological polar surface area (TPSA) is 94.5 Å². The van der Waals surface area contributed by atoms with Crippen molar-refractivity contribution in [1.82, 2.24) is 4.90 Å². The molecule has 8 nitrogen and oxygen atoms in total. The van der Waals surface area contributed by atoms with Crippen molar-refractivity contribution in [3.63, 3.8) is 0 Å². The second-order valence-corrected chi connectivity index (χ2v) is 8.47. The van der Waals surface area contributed by atoms with Crippen molar-refractivity contribution < 1.29 is 33.6 Å². The minimum Gasteiger partial charge on any atom is -0.503 e. The van der Waals surface area contributed by atoms with Crippen LogP contribution in [0.1, 0.15) is 34.1 Å². The highest BCUT2D eigenvalue weighted by Crippen LogP contribution is 2.46. The summed E-state index contributed by atoms with van der Waals surface area (Å²) >= 11 is 1.26. The molecule has 2 atom stereocenters. The molecule has 3 heterocycles. The Labute approximate surface area is 190 Å². The predicted octanol–water partition coefficient (Wildman–Crippen LogP) is 3.53. The van der Waals surface area contributed by atoms with Crippen LogP contribution in [0.4, 0.5) is 0 Å². The van der Waals surface area contributed by atoms with E-state index in [4.69, 9.17) is 18.9 Å². The first-order valence-electron chi connectivity index (χ1n) is 10.2. The molecule has 2 aromatic rings. The minimum atomic E-state index is -0.824. The SMILES string of the molecule is COc1cc(C2C(C(=O)c3cccs3)=C(O)C(=O)N2CC2CCCO2)cc(OC)c1OC. The minimum absolute atomic E-state index is 0.0321. The van der Waals surface area contributed by atoms with Crippen molar-refractivity contribution in [3.05, 3.63) is 51.4 Å². The van der Waals surface area contributed by atoms with Gasteiger partial charge in [0.25, 0.3) is 5.91 Å². The van der Waals surface area contributed by atoms with Crippen LogP contribution in [0.2, 0.25) is 0 Å². The highest BCUT2D eigenvalue weighted by Gasteiger charge is 2.45. The molecule has 1 aromatic carbocycles. The lowest BCUT2D eigenvalue weighted by atomic mass is 9.94. The number of aliphatic hydroxyl groups excluding tert-OH is 1. The van der Waals surface area contributed by atoms with Gasteiger partial charge in [0.1, 0.15) is 0 Å². The monoisotopic (exact) mass is 459 g/mol. The average Bonchev–Trinajstić information content (AvgIpc) is 3.57. The average molecular weight is 460 g/mol. The largest absolute Gasteiger partial charge is 0.503 e. The maximum atomic E-state index is 13.4. The number of thiophene rings is 1. The number of rotatable bonds is 8. The highest BCUT2D eigenvalue weighted by atomic mass is 32.1. The lowest BCUT2D eigenvalue weighted by Gasteiger charge is -2.29. The van der Waals surface area contributed by atoms with Gasteiger partial charge >= 0.3 is 0 Å². The molecule has 4 rings (SSSR count). The van der Waals surface area contributed by atoms with Gasteiger partial charge in [-0.1, -0.05) is 6.07 Å². The van der Waals surface area contributed by atoms with Gasteiger partial charge in [-0.3, -0.25) is 9.59 Å². The van der Waals surface area contributed by atoms with Gasteiger partial charge < -0.3 is 29.0 Å². The van der Waals surface area contributed by atoms with Crippen LogP contribution in [-0.4, -0.2) is 62.3 Å². The zero-order chi connectivity index (χ0) is 22.8. The molecular weight excluding hydrogens is 434 g/mol. The maximum Gasteiger partial charge on any atom is 0.290 e. The van der Waals surface area contributed by atoms with Crippen molar-refractivity contribution in [2.75, 3.05) is 34.5 Å². The molecule has 1 N–H and O–H groups in total. The van der Waals surface area contributed by atoms with Crippen molar-refractivity contribution in [2.24, 2.45) is 0 Å². The summed E-state index contributed by atoms with van der Waals surface area (Å²) in [6, 6.07) is 6.00. The van der Waals surface area contributed by atoms with Crippen molar-refractivity contribution in [3.8, 4) is 17.2 Å². The number of nitrogens with zero attached hydrogens (tertiary/aromatic N) is 1. The zero-order valence-electron chi connectivity index (χ0n) is 18.1. The second-order valence-electron chi connectivity index (χ2n) is 7.52. The smallest absolute Gasteiger partial charge is 0.290 e. The van der Waals surface area contributed by atoms with E-state index in [2.05, 4.69) is 0 Å². The van der Waals surface area contributed by atoms with E-state index in [-0.39, 0.29) is 24.0 Å². The summed E-state index contributed by atoms with van der Waals surface area (Å²) in [5, 5.41) is 12.6. The first-order chi connectivity index (χ1) is 15.5. The van der Waals surface area contributed by atoms with Gasteiger partial charge in [0.05, 0.1) is 43.9 Å². The molecular formula is C23H25NO7S. The number of Topliss-reactive ketones (excluding diaryl/α,β-unsaturated/α-hetero) is 1. The summed E-state index contributed by atoms with van der Waals surface area (Å²) in [6.45, 7) is 0.882. The molecule has 32 heavy (non-hydrogen) atoms. The van der Waals surface area contributed by atoms with E-state index in [1.807, 2.05) is 0 Å². The molecule has 0 aliphatic carbocycles. The lowest BCUT2D eigenvalue weighted by Crippen LogP contribution is -2.37. The fourth-order valence-corrected chi connectivity index (χ4v) is 4.91. The molecule has 0 bridgehead atoms. The molecule has 0 saturated carbocycles. The summed E-state index contributed by atoms with van der Waals surface area (Å²) in [5.74, 6) is -0.354. The normalized spacial score (nSPS) is 20.7. The summed E-state index contributed by atoms with van der Waals surface area (Å²) < 4.78 is 22.1. The van der Waals surface area contributed by atoms with Crippen molar-refractivity contribution in [1.29, 1.82) is 0 Å². The Kier molecular flexibility index (Phi) is 6.38. The Morgan fingerprint density at radius 2 is 1.94 bits per heavy atom. The Morgan fingerprint density at radius 3 is 2.47 bits per heavy atom. The molecule has 170 valence electrons. The van der Waals surface area contributed by atoms with Gasteiger partial charge in [-0.05, 0) is 42.0 Å². The Balaban J connectivity index is 1.84. The molecule has 9 heteroatoms. The molecule has 1 saturated heterocycles. The van der Waals surface area contributed by atoms with Crippen molar-refractivity contribution >= 4 is 23.0 Å². The Morgan fingerprint density at radius 1 is 1.22 bits per heavy atom. The van der Waals surface area contributed by atoms with E-state index in [0.717, 1.165) is 12.8 Å². The third kappa shape index (κ3) is 3.82. The number of ketones is 1. The molecule has 0 spiro atoms. The third-order valence-electron chi connectivity index (χ3n) is 5.72. The number of hydrogen-bond acceptors (Lipinski definition) is 8. The lowest BCUT2D eigenvalue weighted by molar-refractivity contribution is -0.131. The van der Waals surface area contributed by atoms with E-state index in [1.165, 1.54) is 37.6 Å². The van der Waals surface area contributed by atoms with Gasteiger partial charge in [-0.15, -0.1) is 11.3 Å². The van der Waals surface area contributed by atoms with E-state index in [1.54, 1.807) is 29.6 Å². The fraction of sp³-hybridized carbons (Fsp3) is 0.391. The molecule has 2 aliphatic heterocycles. The van der Waals surface area contributed by atoms with E-state index in [9.17, 15) is 14.7 Å². The number of carbonyl (C=O) groups is 2. The number of benzene rings is 1. The van der Waals surface area contributed by atoms with Crippen LogP contribution < -0.4 is 14.2 Å². The van der Waals surface area contributed by atoms with Gasteiger partial charge in [0.2, 0.25) is 11.5 Å². The molecule has 2 unspecified atom stereocenters. The maximum absolute atomic E-state index is 13.4. The summed E-state index contributed by atoms with van der Waals surface area (Å²) in [7, 11) is 4.49. The van der Waals surface area contributed by atoms with Crippen LogP contribution >= 0.6 is 11.3 Å². The van der Waals surface area contributed by atoms with E-state index < -0.39 is 17.7 Å². The number of hydrogen-bond donors (Lipinski definition) is 1. The first kappa shape index (κ1) is 22.2. The molecule has 1 amide bonds. The second kappa shape index (κ2) is 9.22. The van der Waals surface area contributed by atoms with Gasteiger partial charge in [0.15, 0.2) is 17.3 Å². The first-order valence-corrected chi connectivity index (χ1v) is 11.1. The van der Waals surface area contributed by atoms with Crippen LogP contribution in [-0.2, 0) is 9.53 Å². The van der Waals surface area contributed by atoms with Crippen LogP contribution in [0.5, 0.6) is 17.2 Å². The third-order valence-corrected chi connectivity index (χ3v) is 6.59. The number of methoxy groups -OCH3 is 3. The van der Waals surface area contributed by atoms with E-state index >= 15 is 0 Å². The van der Waals surface area contributed by atoms with E-state index in [0.29, 0.717) is 34.3 Å². The van der Waals surface area contributed by atoms with Crippen LogP contribution in [0.3, 0.4) is 0 Å². The van der Waals surface area contributed by atoms with Crippen molar-refractivity contribution in [2.45, 2.75) is 25.0 Å². The van der Waals surface area contributed by atoms with Gasteiger partial charge in [0, 0.05) is 13.2 Å². The van der Waals surface area contributed by atoms with Gasteiger partial charge in [-0.25, -0.2) is 0 Å². The van der Waals surface area contributed by atoms with Crippen LogP contribution in [0.25, 0.3) is 0 Å². The number of ether oxygens (including phenoxy) is 4. The fourth-order valence-electron chi connectivity index (χ4n) is 4.23. The summed E-state index contributed by atoms with van der Waals surface area (Å²) in [5.41, 5.74) is 0.597. The highest BCUT2D eigenvalue weighted by molar-refractivity contribution is 7.12. The Bertz CT molecular complexity index is 1020. The number of amides is 1. The summed E-state index contributed by atoms with van der Waals surface area (Å²) in [4.78, 5) is 28.4. The molecule has 2 aliphatic rings. The Hall–Kier alpha value is -3.04. The number of carbonyl (C=O) groups excluding carboxylic acids is 2. The predicted molar refractivity (Wildman–Crippen MR) is 118 cm³/mol. The standard InChI is InChI=1S/C23H25NO7S/c1-28-15-10-13(11-16(29-2)22(15)30-3)19-18(20(25)17-7-5-9-32-17)21(26)23(27)24(19)12-14-6-4-8-31-14/h5,7,9-11,14,19,26H,4,6,8,12H2,1-3H3. The zero-order valence-corrected chi connectivity index (χ0v) is 18.9. The molecule has 0 radical (unpaired) electrons. The summed E-state index contributed by atoms with van der Waals surface area (Å²) in [6.07, 6.45) is 1.55. The van der Waals surface area contributed by atoms with Crippen LogP contribution in [0, 0.1) is 0 Å². The number of aliphatic hydroxyl groups is 1. The van der Waals surface area contributed by atoms with Crippen LogP contribution in [0.15, 0.2) is 41.0 Å². The van der Waals surface area contributed by atoms with Gasteiger partial charge in [-0.2, -0.15) is 0 Å². The molecule has 1 fully saturated rings. The quantitative estimate of drug-likeness (QED) is 0.604.